The van der Waals surface area contributed by atoms with Crippen molar-refractivity contribution in [2.24, 2.45) is 46.3 Å². The summed E-state index contributed by atoms with van der Waals surface area (Å²) in [5.41, 5.74) is 2.49. The summed E-state index contributed by atoms with van der Waals surface area (Å²) in [5, 5.41) is 0. The molecule has 0 aromatic carbocycles. The lowest BCUT2D eigenvalue weighted by molar-refractivity contribution is -0.150. The Morgan fingerprint density at radius 3 is 2.54 bits per heavy atom. The van der Waals surface area contributed by atoms with Crippen LogP contribution in [-0.4, -0.2) is 16.9 Å². The largest absolute Gasteiger partial charge is 0.461 e. The number of rotatable bonds is 9. The Kier molecular flexibility index (Phi) is 8.87. The van der Waals surface area contributed by atoms with Gasteiger partial charge in [-0.05, 0) is 97.7 Å². The van der Waals surface area contributed by atoms with Crippen molar-refractivity contribution in [1.82, 2.24) is 0 Å². The van der Waals surface area contributed by atoms with E-state index >= 15 is 0 Å². The molecule has 3 heteroatoms. The van der Waals surface area contributed by atoms with E-state index in [0.29, 0.717) is 10.8 Å². The number of halogens is 1. The van der Waals surface area contributed by atoms with Crippen molar-refractivity contribution in [2.45, 2.75) is 136 Å². The highest BCUT2D eigenvalue weighted by Crippen LogP contribution is 2.67. The Hall–Kier alpha value is -0.310. The van der Waals surface area contributed by atoms with Crippen LogP contribution in [0.25, 0.3) is 0 Å². The summed E-state index contributed by atoms with van der Waals surface area (Å²) in [6.07, 6.45) is 19.0. The fourth-order valence-corrected chi connectivity index (χ4v) is 9.93. The fourth-order valence-electron chi connectivity index (χ4n) is 9.36. The zero-order valence-corrected chi connectivity index (χ0v) is 25.2. The van der Waals surface area contributed by atoms with Crippen LogP contribution in [0.1, 0.15) is 125 Å². The summed E-state index contributed by atoms with van der Waals surface area (Å²) >= 11 is 3.53. The van der Waals surface area contributed by atoms with Crippen LogP contribution in [0.4, 0.5) is 0 Å². The second kappa shape index (κ2) is 11.2. The van der Waals surface area contributed by atoms with E-state index in [-0.39, 0.29) is 16.9 Å². The smallest absolute Gasteiger partial charge is 0.320 e. The predicted molar refractivity (Wildman–Crippen MR) is 151 cm³/mol. The number of fused-ring (bicyclic) bond motifs is 5. The van der Waals surface area contributed by atoms with Gasteiger partial charge < -0.3 is 4.74 Å². The molecular weight excluding hydrogens is 496 g/mol. The number of carbonyl (C=O) groups excluding carboxylic acids is 1. The third-order valence-electron chi connectivity index (χ3n) is 11.3. The molecule has 0 spiro atoms. The van der Waals surface area contributed by atoms with Gasteiger partial charge in [-0.15, -0.1) is 0 Å². The van der Waals surface area contributed by atoms with E-state index in [4.69, 9.17) is 4.74 Å². The molecule has 35 heavy (non-hydrogen) atoms. The van der Waals surface area contributed by atoms with Gasteiger partial charge in [0.15, 0.2) is 0 Å². The number of hydrogen-bond acceptors (Lipinski definition) is 2. The van der Waals surface area contributed by atoms with E-state index in [1.807, 2.05) is 0 Å². The fraction of sp³-hybridized carbons (Fsp3) is 0.906. The van der Waals surface area contributed by atoms with Gasteiger partial charge in [-0.2, -0.15) is 0 Å². The quantitative estimate of drug-likeness (QED) is 0.163. The Balaban J connectivity index is 1.42. The maximum absolute atomic E-state index is 12.5. The van der Waals surface area contributed by atoms with Crippen molar-refractivity contribution < 1.29 is 9.53 Å². The van der Waals surface area contributed by atoms with Gasteiger partial charge in [-0.3, -0.25) is 4.79 Å². The molecule has 0 aliphatic heterocycles. The first-order valence-electron chi connectivity index (χ1n) is 15.1. The first kappa shape index (κ1) is 27.7. The molecule has 0 heterocycles. The summed E-state index contributed by atoms with van der Waals surface area (Å²) in [6.45, 7) is 14.7. The van der Waals surface area contributed by atoms with Crippen LogP contribution in [0, 0.1) is 46.3 Å². The average Bonchev–Trinajstić information content (AvgIpc) is 3.16. The average molecular weight is 550 g/mol. The zero-order chi connectivity index (χ0) is 25.4. The van der Waals surface area contributed by atoms with Gasteiger partial charge in [0.1, 0.15) is 10.9 Å². The van der Waals surface area contributed by atoms with Gasteiger partial charge in [0.2, 0.25) is 0 Å². The van der Waals surface area contributed by atoms with Crippen molar-refractivity contribution in [2.75, 3.05) is 0 Å². The normalized spacial score (nSPS) is 40.3. The molecule has 0 aromatic rings. The number of allylic oxidation sites excluding steroid dienone is 1. The van der Waals surface area contributed by atoms with Crippen LogP contribution < -0.4 is 0 Å². The SMILES string of the molecule is CCCC(Br)C(=O)OC1CCC2(C)C(=CCC3C2CCC2(C)C(C(C)CCCC(C)C)CCC32)C1. The maximum Gasteiger partial charge on any atom is 0.320 e. The standard InChI is InChI=1S/C32H53BrO2/c1-7-9-29(33)30(34)35-24-16-18-31(5)23(20-24)12-13-25-27-15-14-26(22(4)11-8-10-21(2)3)32(27,6)19-17-28(25)31/h12,21-22,24-29H,7-11,13-20H2,1-6H3. The first-order chi connectivity index (χ1) is 16.6. The lowest BCUT2D eigenvalue weighted by Crippen LogP contribution is -2.51. The number of alkyl halides is 1. The molecule has 0 radical (unpaired) electrons. The van der Waals surface area contributed by atoms with Crippen molar-refractivity contribution in [1.29, 1.82) is 0 Å². The van der Waals surface area contributed by atoms with Crippen molar-refractivity contribution in [3.63, 3.8) is 0 Å². The topological polar surface area (TPSA) is 26.3 Å². The highest BCUT2D eigenvalue weighted by atomic mass is 79.9. The highest BCUT2D eigenvalue weighted by molar-refractivity contribution is 9.10. The van der Waals surface area contributed by atoms with Crippen LogP contribution >= 0.6 is 15.9 Å². The van der Waals surface area contributed by atoms with E-state index in [2.05, 4.69) is 63.5 Å². The summed E-state index contributed by atoms with van der Waals surface area (Å²) < 4.78 is 5.98. The highest BCUT2D eigenvalue weighted by Gasteiger charge is 2.59. The van der Waals surface area contributed by atoms with E-state index < -0.39 is 0 Å². The van der Waals surface area contributed by atoms with Crippen LogP contribution in [0.2, 0.25) is 0 Å². The lowest BCUT2D eigenvalue weighted by Gasteiger charge is -2.58. The molecule has 3 fully saturated rings. The molecule has 200 valence electrons. The number of esters is 1. The minimum atomic E-state index is -0.148. The van der Waals surface area contributed by atoms with Crippen molar-refractivity contribution in [3.8, 4) is 0 Å². The van der Waals surface area contributed by atoms with Gasteiger partial charge in [0.05, 0.1) is 0 Å². The second-order valence-corrected chi connectivity index (χ2v) is 15.0. The molecule has 0 saturated heterocycles. The van der Waals surface area contributed by atoms with Gasteiger partial charge in [-0.1, -0.05) is 94.8 Å². The third kappa shape index (κ3) is 5.46. The molecule has 4 aliphatic rings. The molecule has 4 aliphatic carbocycles. The molecule has 9 atom stereocenters. The Morgan fingerprint density at radius 2 is 1.83 bits per heavy atom. The molecule has 0 N–H and O–H groups in total. The van der Waals surface area contributed by atoms with Crippen molar-refractivity contribution >= 4 is 21.9 Å². The number of ether oxygens (including phenoxy) is 1. The number of hydrogen-bond donors (Lipinski definition) is 0. The third-order valence-corrected chi connectivity index (χ3v) is 12.2. The zero-order valence-electron chi connectivity index (χ0n) is 23.6. The second-order valence-electron chi connectivity index (χ2n) is 13.8. The van der Waals surface area contributed by atoms with Crippen LogP contribution in [0.15, 0.2) is 11.6 Å². The first-order valence-corrected chi connectivity index (χ1v) is 16.1. The molecule has 0 bridgehead atoms. The van der Waals surface area contributed by atoms with Gasteiger partial charge in [0, 0.05) is 6.42 Å². The summed E-state index contributed by atoms with van der Waals surface area (Å²) in [5.74, 6) is 5.19. The molecule has 4 rings (SSSR count). The minimum absolute atomic E-state index is 0.0531. The van der Waals surface area contributed by atoms with E-state index in [0.717, 1.165) is 61.2 Å². The summed E-state index contributed by atoms with van der Waals surface area (Å²) in [6, 6.07) is 0. The molecule has 3 saturated carbocycles. The van der Waals surface area contributed by atoms with E-state index in [1.54, 1.807) is 5.57 Å². The molecule has 0 aromatic heterocycles. The van der Waals surface area contributed by atoms with Gasteiger partial charge >= 0.3 is 5.97 Å². The number of carbonyl (C=O) groups is 1. The van der Waals surface area contributed by atoms with Gasteiger partial charge in [0.25, 0.3) is 0 Å². The monoisotopic (exact) mass is 548 g/mol. The van der Waals surface area contributed by atoms with Crippen LogP contribution in [0.3, 0.4) is 0 Å². The maximum atomic E-state index is 12.5. The Bertz CT molecular complexity index is 774. The lowest BCUT2D eigenvalue weighted by atomic mass is 9.47. The molecule has 2 nitrogen and oxygen atoms in total. The summed E-state index contributed by atoms with van der Waals surface area (Å²) in [7, 11) is 0. The Morgan fingerprint density at radius 1 is 1.06 bits per heavy atom. The van der Waals surface area contributed by atoms with Crippen LogP contribution in [0.5, 0.6) is 0 Å². The summed E-state index contributed by atoms with van der Waals surface area (Å²) in [4.78, 5) is 12.4. The van der Waals surface area contributed by atoms with E-state index in [1.165, 1.54) is 57.8 Å². The molecular formula is C32H53BrO2. The minimum Gasteiger partial charge on any atom is -0.461 e. The van der Waals surface area contributed by atoms with Crippen LogP contribution in [-0.2, 0) is 9.53 Å². The van der Waals surface area contributed by atoms with E-state index in [9.17, 15) is 4.79 Å². The molecule has 0 amide bonds. The van der Waals surface area contributed by atoms with Crippen molar-refractivity contribution in [3.05, 3.63) is 11.6 Å². The molecule has 9 unspecified atom stereocenters. The predicted octanol–water partition coefficient (Wildman–Crippen LogP) is 9.50. The Labute approximate surface area is 224 Å². The van der Waals surface area contributed by atoms with Gasteiger partial charge in [-0.25, -0.2) is 0 Å².